The average Bonchev–Trinajstić information content (AvgIpc) is 2.53. The highest BCUT2D eigenvalue weighted by Gasteiger charge is 2.32. The Morgan fingerprint density at radius 1 is 1.05 bits per heavy atom. The third-order valence-corrected chi connectivity index (χ3v) is 4.55. The van der Waals surface area contributed by atoms with E-state index < -0.39 is 23.7 Å². The molecule has 0 fully saturated rings. The first-order chi connectivity index (χ1) is 9.84. The van der Waals surface area contributed by atoms with Gasteiger partial charge in [-0.1, -0.05) is 17.8 Å². The van der Waals surface area contributed by atoms with E-state index in [1.54, 1.807) is 6.07 Å². The fourth-order valence-corrected chi connectivity index (χ4v) is 3.45. The van der Waals surface area contributed by atoms with Gasteiger partial charge in [0.25, 0.3) is 0 Å². The van der Waals surface area contributed by atoms with Crippen molar-refractivity contribution in [2.75, 3.05) is 0 Å². The van der Waals surface area contributed by atoms with Crippen molar-refractivity contribution in [2.24, 2.45) is 0 Å². The van der Waals surface area contributed by atoms with Crippen LogP contribution in [0.5, 0.6) is 0 Å². The van der Waals surface area contributed by atoms with Gasteiger partial charge in [0.05, 0.1) is 11.7 Å². The predicted octanol–water partition coefficient (Wildman–Crippen LogP) is 4.59. The molecule has 0 spiro atoms. The molecule has 0 aliphatic carbocycles. The Kier molecular flexibility index (Phi) is 3.45. The lowest BCUT2D eigenvalue weighted by Crippen LogP contribution is -2.08. The monoisotopic (exact) mass is 314 g/mol. The maximum Gasteiger partial charge on any atom is 0.416 e. The number of halogens is 4. The maximum atomic E-state index is 13.3. The molecule has 0 saturated heterocycles. The minimum Gasteiger partial charge on any atom is -0.388 e. The van der Waals surface area contributed by atoms with E-state index in [4.69, 9.17) is 0 Å². The van der Waals surface area contributed by atoms with Gasteiger partial charge in [0.2, 0.25) is 0 Å². The van der Waals surface area contributed by atoms with Gasteiger partial charge < -0.3 is 5.11 Å². The molecule has 0 saturated carbocycles. The SMILES string of the molecule is OC1Cc2ccc(F)cc2Sc2ccc(C(F)(F)F)cc21. The molecular weight excluding hydrogens is 304 g/mol. The van der Waals surface area contributed by atoms with Crippen molar-refractivity contribution in [3.05, 3.63) is 58.9 Å². The van der Waals surface area contributed by atoms with Crippen LogP contribution in [0, 0.1) is 5.82 Å². The normalized spacial score (nSPS) is 17.9. The molecule has 1 N–H and O–H groups in total. The third-order valence-electron chi connectivity index (χ3n) is 3.36. The van der Waals surface area contributed by atoms with Crippen LogP contribution in [0.1, 0.15) is 22.8 Å². The Morgan fingerprint density at radius 2 is 1.81 bits per heavy atom. The first-order valence-corrected chi connectivity index (χ1v) is 7.02. The molecule has 0 bridgehead atoms. The molecule has 2 aromatic carbocycles. The molecule has 0 aromatic heterocycles. The molecule has 0 amide bonds. The van der Waals surface area contributed by atoms with E-state index in [0.717, 1.165) is 17.7 Å². The van der Waals surface area contributed by atoms with Crippen molar-refractivity contribution in [1.82, 2.24) is 0 Å². The molecule has 2 aromatic rings. The molecule has 1 unspecified atom stereocenters. The molecule has 6 heteroatoms. The number of rotatable bonds is 0. The average molecular weight is 314 g/mol. The molecular formula is C15H10F4OS. The summed E-state index contributed by atoms with van der Waals surface area (Å²) in [5, 5.41) is 10.2. The summed E-state index contributed by atoms with van der Waals surface area (Å²) >= 11 is 1.17. The molecule has 21 heavy (non-hydrogen) atoms. The fourth-order valence-electron chi connectivity index (χ4n) is 2.31. The molecule has 1 aliphatic rings. The molecule has 0 radical (unpaired) electrons. The zero-order valence-corrected chi connectivity index (χ0v) is 11.4. The molecule has 1 aliphatic heterocycles. The third kappa shape index (κ3) is 2.78. The van der Waals surface area contributed by atoms with E-state index in [9.17, 15) is 22.7 Å². The molecule has 1 heterocycles. The minimum absolute atomic E-state index is 0.164. The highest BCUT2D eigenvalue weighted by molar-refractivity contribution is 7.99. The van der Waals surface area contributed by atoms with Gasteiger partial charge >= 0.3 is 6.18 Å². The standard InChI is InChI=1S/C15H10F4OS/c16-10-3-1-8-5-12(20)11-6-9(15(17,18)19)2-4-13(11)21-14(8)7-10/h1-4,6-7,12,20H,5H2. The van der Waals surface area contributed by atoms with Gasteiger partial charge in [-0.3, -0.25) is 0 Å². The van der Waals surface area contributed by atoms with Crippen molar-refractivity contribution in [2.45, 2.75) is 28.5 Å². The van der Waals surface area contributed by atoms with Crippen molar-refractivity contribution < 1.29 is 22.7 Å². The van der Waals surface area contributed by atoms with E-state index in [1.165, 1.54) is 30.0 Å². The van der Waals surface area contributed by atoms with E-state index in [0.29, 0.717) is 9.79 Å². The number of aliphatic hydroxyl groups excluding tert-OH is 1. The zero-order valence-electron chi connectivity index (χ0n) is 10.6. The lowest BCUT2D eigenvalue weighted by atomic mass is 9.99. The topological polar surface area (TPSA) is 20.2 Å². The van der Waals surface area contributed by atoms with Crippen LogP contribution in [0.25, 0.3) is 0 Å². The number of alkyl halides is 3. The van der Waals surface area contributed by atoms with Gasteiger partial charge in [-0.15, -0.1) is 0 Å². The quantitative estimate of drug-likeness (QED) is 0.718. The van der Waals surface area contributed by atoms with Crippen LogP contribution in [0.2, 0.25) is 0 Å². The molecule has 1 atom stereocenters. The van der Waals surface area contributed by atoms with Crippen LogP contribution >= 0.6 is 11.8 Å². The predicted molar refractivity (Wildman–Crippen MR) is 70.6 cm³/mol. The molecule has 110 valence electrons. The number of hydrogen-bond acceptors (Lipinski definition) is 2. The summed E-state index contributed by atoms with van der Waals surface area (Å²) in [5.74, 6) is -0.411. The number of fused-ring (bicyclic) bond motifs is 2. The van der Waals surface area contributed by atoms with Gasteiger partial charge in [0.1, 0.15) is 5.82 Å². The minimum atomic E-state index is -4.45. The zero-order chi connectivity index (χ0) is 15.2. The Hall–Kier alpha value is -1.53. The van der Waals surface area contributed by atoms with Gasteiger partial charge in [-0.05, 0) is 41.5 Å². The van der Waals surface area contributed by atoms with Crippen molar-refractivity contribution in [3.8, 4) is 0 Å². The number of hydrogen-bond donors (Lipinski definition) is 1. The van der Waals surface area contributed by atoms with Crippen molar-refractivity contribution in [3.63, 3.8) is 0 Å². The van der Waals surface area contributed by atoms with Crippen molar-refractivity contribution >= 4 is 11.8 Å². The lowest BCUT2D eigenvalue weighted by molar-refractivity contribution is -0.137. The molecule has 1 nitrogen and oxygen atoms in total. The number of aliphatic hydroxyl groups is 1. The summed E-state index contributed by atoms with van der Waals surface area (Å²) in [5.41, 5.74) is 0.156. The van der Waals surface area contributed by atoms with Crippen molar-refractivity contribution in [1.29, 1.82) is 0 Å². The largest absolute Gasteiger partial charge is 0.416 e. The number of benzene rings is 2. The summed E-state index contributed by atoms with van der Waals surface area (Å²) in [7, 11) is 0. The van der Waals surface area contributed by atoms with Crippen LogP contribution < -0.4 is 0 Å². The fraction of sp³-hybridized carbons (Fsp3) is 0.200. The maximum absolute atomic E-state index is 13.3. The summed E-state index contributed by atoms with van der Waals surface area (Å²) < 4.78 is 51.6. The van der Waals surface area contributed by atoms with Crippen LogP contribution in [-0.2, 0) is 12.6 Å². The summed E-state index contributed by atoms with van der Waals surface area (Å²) in [6.07, 6.45) is -5.33. The summed E-state index contributed by atoms with van der Waals surface area (Å²) in [4.78, 5) is 1.13. The first kappa shape index (κ1) is 14.4. The second kappa shape index (κ2) is 5.03. The second-order valence-corrected chi connectivity index (χ2v) is 5.91. The smallest absolute Gasteiger partial charge is 0.388 e. The van der Waals surface area contributed by atoms with E-state index in [2.05, 4.69) is 0 Å². The summed E-state index contributed by atoms with van der Waals surface area (Å²) in [6, 6.07) is 7.43. The van der Waals surface area contributed by atoms with E-state index in [-0.39, 0.29) is 12.0 Å². The molecule has 3 rings (SSSR count). The Balaban J connectivity index is 2.09. The van der Waals surface area contributed by atoms with Crippen LogP contribution in [-0.4, -0.2) is 5.11 Å². The van der Waals surface area contributed by atoms with E-state index >= 15 is 0 Å². The van der Waals surface area contributed by atoms with E-state index in [1.807, 2.05) is 0 Å². The highest BCUT2D eigenvalue weighted by atomic mass is 32.2. The van der Waals surface area contributed by atoms with Crippen LogP contribution in [0.15, 0.2) is 46.2 Å². The lowest BCUT2D eigenvalue weighted by Gasteiger charge is -2.14. The van der Waals surface area contributed by atoms with Gasteiger partial charge in [-0.25, -0.2) is 4.39 Å². The van der Waals surface area contributed by atoms with Gasteiger partial charge in [-0.2, -0.15) is 13.2 Å². The Morgan fingerprint density at radius 3 is 2.52 bits per heavy atom. The van der Waals surface area contributed by atoms with Gasteiger partial charge in [0, 0.05) is 16.2 Å². The first-order valence-electron chi connectivity index (χ1n) is 6.20. The highest BCUT2D eigenvalue weighted by Crippen LogP contribution is 2.43. The van der Waals surface area contributed by atoms with Gasteiger partial charge in [0.15, 0.2) is 0 Å². The Bertz CT molecular complexity index is 697. The summed E-state index contributed by atoms with van der Waals surface area (Å²) in [6.45, 7) is 0. The van der Waals surface area contributed by atoms with Crippen LogP contribution in [0.3, 0.4) is 0 Å². The Labute approximate surface area is 122 Å². The second-order valence-electron chi connectivity index (χ2n) is 4.82. The van der Waals surface area contributed by atoms with Crippen LogP contribution in [0.4, 0.5) is 17.6 Å².